The van der Waals surface area contributed by atoms with Gasteiger partial charge in [-0.15, -0.1) is 0 Å². The van der Waals surface area contributed by atoms with Crippen molar-refractivity contribution in [3.05, 3.63) is 71.2 Å². The topological polar surface area (TPSA) is 44.2 Å². The molecule has 0 fully saturated rings. The number of pyridine rings is 2. The second kappa shape index (κ2) is 6.88. The van der Waals surface area contributed by atoms with Gasteiger partial charge in [0.15, 0.2) is 11.5 Å². The minimum atomic E-state index is 0.717. The molecular formula is C23H22N2O2. The van der Waals surface area contributed by atoms with Crippen LogP contribution in [0.4, 0.5) is 0 Å². The summed E-state index contributed by atoms with van der Waals surface area (Å²) in [5.74, 6) is 1.44. The Kier molecular flexibility index (Phi) is 4.40. The van der Waals surface area contributed by atoms with Crippen LogP contribution in [0.15, 0.2) is 48.8 Å². The van der Waals surface area contributed by atoms with Gasteiger partial charge in [0.1, 0.15) is 0 Å². The molecule has 0 bridgehead atoms. The van der Waals surface area contributed by atoms with Crippen LogP contribution in [0, 0.1) is 13.8 Å². The molecule has 0 radical (unpaired) electrons. The van der Waals surface area contributed by atoms with Gasteiger partial charge in [0, 0.05) is 35.3 Å². The highest BCUT2D eigenvalue weighted by Crippen LogP contribution is 2.35. The Morgan fingerprint density at radius 2 is 1.56 bits per heavy atom. The summed E-state index contributed by atoms with van der Waals surface area (Å²) in [4.78, 5) is 9.22. The maximum Gasteiger partial charge on any atom is 0.161 e. The smallest absolute Gasteiger partial charge is 0.161 e. The number of fused-ring (bicyclic) bond motifs is 2. The van der Waals surface area contributed by atoms with E-state index in [1.165, 1.54) is 5.56 Å². The van der Waals surface area contributed by atoms with E-state index in [1.807, 2.05) is 31.5 Å². The first-order chi connectivity index (χ1) is 13.1. The number of methoxy groups -OCH3 is 2. The molecule has 0 saturated heterocycles. The van der Waals surface area contributed by atoms with Gasteiger partial charge in [0.25, 0.3) is 0 Å². The van der Waals surface area contributed by atoms with Crippen molar-refractivity contribution in [3.8, 4) is 11.5 Å². The van der Waals surface area contributed by atoms with E-state index in [4.69, 9.17) is 9.47 Å². The summed E-state index contributed by atoms with van der Waals surface area (Å²) in [7, 11) is 3.31. The van der Waals surface area contributed by atoms with Gasteiger partial charge in [0.2, 0.25) is 0 Å². The number of aryl methyl sites for hydroxylation is 2. The number of rotatable bonds is 4. The van der Waals surface area contributed by atoms with Crippen LogP contribution in [0.3, 0.4) is 0 Å². The molecule has 4 heteroatoms. The van der Waals surface area contributed by atoms with E-state index in [0.29, 0.717) is 0 Å². The summed E-state index contributed by atoms with van der Waals surface area (Å²) >= 11 is 0. The maximum absolute atomic E-state index is 5.50. The molecule has 0 aliphatic carbocycles. The summed E-state index contributed by atoms with van der Waals surface area (Å²) in [6, 6.07) is 12.6. The summed E-state index contributed by atoms with van der Waals surface area (Å²) in [5.41, 5.74) is 5.52. The lowest BCUT2D eigenvalue weighted by Gasteiger charge is -2.13. The van der Waals surface area contributed by atoms with Gasteiger partial charge in [-0.1, -0.05) is 12.1 Å². The van der Waals surface area contributed by atoms with Crippen LogP contribution in [-0.2, 0) is 6.42 Å². The molecule has 0 amide bonds. The summed E-state index contributed by atoms with van der Waals surface area (Å²) in [6.45, 7) is 4.10. The average molecular weight is 358 g/mol. The van der Waals surface area contributed by atoms with Gasteiger partial charge in [0.05, 0.1) is 19.7 Å². The Morgan fingerprint density at radius 3 is 2.30 bits per heavy atom. The third-order valence-electron chi connectivity index (χ3n) is 4.96. The van der Waals surface area contributed by atoms with Crippen molar-refractivity contribution in [1.82, 2.24) is 9.97 Å². The van der Waals surface area contributed by atoms with Crippen molar-refractivity contribution in [3.63, 3.8) is 0 Å². The van der Waals surface area contributed by atoms with Crippen molar-refractivity contribution in [2.75, 3.05) is 14.2 Å². The highest BCUT2D eigenvalue weighted by Gasteiger charge is 2.12. The second-order valence-corrected chi connectivity index (χ2v) is 6.84. The van der Waals surface area contributed by atoms with Gasteiger partial charge in [-0.05, 0) is 60.2 Å². The third-order valence-corrected chi connectivity index (χ3v) is 4.96. The first-order valence-corrected chi connectivity index (χ1v) is 8.94. The molecular weight excluding hydrogens is 336 g/mol. The molecule has 0 spiro atoms. The molecule has 4 aromatic rings. The molecule has 0 unspecified atom stereocenters. The molecule has 2 aromatic carbocycles. The van der Waals surface area contributed by atoms with Gasteiger partial charge in [-0.3, -0.25) is 9.97 Å². The SMILES string of the molecule is COc1cc2c(Cc3cnc4cc(C)ccc4c3)cnc(C)c2cc1OC. The van der Waals surface area contributed by atoms with Crippen molar-refractivity contribution < 1.29 is 9.47 Å². The lowest BCUT2D eigenvalue weighted by atomic mass is 9.99. The van der Waals surface area contributed by atoms with E-state index in [1.54, 1.807) is 14.2 Å². The van der Waals surface area contributed by atoms with Gasteiger partial charge in [-0.2, -0.15) is 0 Å². The van der Waals surface area contributed by atoms with Crippen LogP contribution < -0.4 is 9.47 Å². The minimum Gasteiger partial charge on any atom is -0.493 e. The Labute approximate surface area is 158 Å². The standard InChI is InChI=1S/C23H22N2O2/c1-14-5-6-17-8-16(12-25-21(17)7-14)9-18-13-24-15(2)19-10-22(26-3)23(27-4)11-20(18)19/h5-8,10-13H,9H2,1-4H3. The van der Waals surface area contributed by atoms with E-state index in [2.05, 4.69) is 41.2 Å². The third kappa shape index (κ3) is 3.19. The summed E-state index contributed by atoms with van der Waals surface area (Å²) in [6.07, 6.45) is 4.66. The zero-order valence-corrected chi connectivity index (χ0v) is 16.0. The maximum atomic E-state index is 5.50. The predicted molar refractivity (Wildman–Crippen MR) is 109 cm³/mol. The van der Waals surface area contributed by atoms with Crippen LogP contribution in [0.1, 0.15) is 22.4 Å². The van der Waals surface area contributed by atoms with E-state index >= 15 is 0 Å². The summed E-state index contributed by atoms with van der Waals surface area (Å²) < 4.78 is 11.0. The zero-order chi connectivity index (χ0) is 19.0. The van der Waals surface area contributed by atoms with Gasteiger partial charge in [-0.25, -0.2) is 0 Å². The van der Waals surface area contributed by atoms with E-state index in [-0.39, 0.29) is 0 Å². The van der Waals surface area contributed by atoms with E-state index < -0.39 is 0 Å². The van der Waals surface area contributed by atoms with Crippen LogP contribution in [0.5, 0.6) is 11.5 Å². The van der Waals surface area contributed by atoms with Gasteiger partial charge >= 0.3 is 0 Å². The fourth-order valence-corrected chi connectivity index (χ4v) is 3.49. The number of nitrogens with zero attached hydrogens (tertiary/aromatic N) is 2. The van der Waals surface area contributed by atoms with Crippen LogP contribution >= 0.6 is 0 Å². The summed E-state index contributed by atoms with van der Waals surface area (Å²) in [5, 5.41) is 3.36. The Bertz CT molecular complexity index is 1150. The molecule has 0 aliphatic rings. The molecule has 4 rings (SSSR count). The number of benzene rings is 2. The number of hydrogen-bond acceptors (Lipinski definition) is 4. The molecule has 2 heterocycles. The Morgan fingerprint density at radius 1 is 0.815 bits per heavy atom. The van der Waals surface area contributed by atoms with E-state index in [0.717, 1.165) is 56.4 Å². The van der Waals surface area contributed by atoms with Crippen molar-refractivity contribution in [1.29, 1.82) is 0 Å². The van der Waals surface area contributed by atoms with Crippen molar-refractivity contribution >= 4 is 21.7 Å². The van der Waals surface area contributed by atoms with Crippen LogP contribution in [-0.4, -0.2) is 24.2 Å². The monoisotopic (exact) mass is 358 g/mol. The number of aromatic nitrogens is 2. The fourth-order valence-electron chi connectivity index (χ4n) is 3.49. The predicted octanol–water partition coefficient (Wildman–Crippen LogP) is 5.01. The first kappa shape index (κ1) is 17.3. The highest BCUT2D eigenvalue weighted by molar-refractivity contribution is 5.90. The quantitative estimate of drug-likeness (QED) is 0.514. The Balaban J connectivity index is 1.81. The second-order valence-electron chi connectivity index (χ2n) is 6.84. The molecule has 2 aromatic heterocycles. The largest absolute Gasteiger partial charge is 0.493 e. The molecule has 0 atom stereocenters. The minimum absolute atomic E-state index is 0.717. The lowest BCUT2D eigenvalue weighted by Crippen LogP contribution is -1.97. The lowest BCUT2D eigenvalue weighted by molar-refractivity contribution is 0.356. The highest BCUT2D eigenvalue weighted by atomic mass is 16.5. The molecule has 0 N–H and O–H groups in total. The number of hydrogen-bond donors (Lipinski definition) is 0. The zero-order valence-electron chi connectivity index (χ0n) is 16.0. The Hall–Kier alpha value is -3.14. The van der Waals surface area contributed by atoms with Crippen LogP contribution in [0.25, 0.3) is 21.7 Å². The molecule has 4 nitrogen and oxygen atoms in total. The number of ether oxygens (including phenoxy) is 2. The van der Waals surface area contributed by atoms with Gasteiger partial charge < -0.3 is 9.47 Å². The fraction of sp³-hybridized carbons (Fsp3) is 0.217. The van der Waals surface area contributed by atoms with Crippen molar-refractivity contribution in [2.24, 2.45) is 0 Å². The molecule has 27 heavy (non-hydrogen) atoms. The molecule has 136 valence electrons. The first-order valence-electron chi connectivity index (χ1n) is 8.94. The van der Waals surface area contributed by atoms with E-state index in [9.17, 15) is 0 Å². The van der Waals surface area contributed by atoms with Crippen molar-refractivity contribution in [2.45, 2.75) is 20.3 Å². The molecule has 0 saturated carbocycles. The average Bonchev–Trinajstić information content (AvgIpc) is 2.69. The normalized spacial score (nSPS) is 11.1. The molecule has 0 aliphatic heterocycles. The van der Waals surface area contributed by atoms with Crippen LogP contribution in [0.2, 0.25) is 0 Å².